The third-order valence-electron chi connectivity index (χ3n) is 3.94. The van der Waals surface area contributed by atoms with Gasteiger partial charge in [0.05, 0.1) is 7.11 Å². The van der Waals surface area contributed by atoms with Gasteiger partial charge in [-0.05, 0) is 49.4 Å². The van der Waals surface area contributed by atoms with Gasteiger partial charge in [0.15, 0.2) is 0 Å². The van der Waals surface area contributed by atoms with Crippen molar-refractivity contribution in [2.75, 3.05) is 12.4 Å². The second-order valence-corrected chi connectivity index (χ2v) is 5.56. The third kappa shape index (κ3) is 3.71. The smallest absolute Gasteiger partial charge is 0.328 e. The van der Waals surface area contributed by atoms with Gasteiger partial charge in [-0.15, -0.1) is 0 Å². The maximum absolute atomic E-state index is 13.4. The molecule has 2 rings (SSSR count). The number of halogens is 1. The molecule has 110 valence electrons. The van der Waals surface area contributed by atoms with Gasteiger partial charge in [-0.1, -0.05) is 19.3 Å². The van der Waals surface area contributed by atoms with Crippen molar-refractivity contribution in [2.45, 2.75) is 45.1 Å². The minimum Gasteiger partial charge on any atom is -0.467 e. The van der Waals surface area contributed by atoms with Gasteiger partial charge < -0.3 is 10.1 Å². The molecule has 0 amide bonds. The Bertz CT molecular complexity index is 449. The minimum absolute atomic E-state index is 0.264. The van der Waals surface area contributed by atoms with E-state index in [0.29, 0.717) is 5.69 Å². The largest absolute Gasteiger partial charge is 0.467 e. The number of methoxy groups -OCH3 is 1. The van der Waals surface area contributed by atoms with Crippen molar-refractivity contribution in [3.8, 4) is 0 Å². The average molecular weight is 279 g/mol. The zero-order chi connectivity index (χ0) is 14.5. The lowest BCUT2D eigenvalue weighted by molar-refractivity contribution is -0.143. The zero-order valence-electron chi connectivity index (χ0n) is 12.1. The molecule has 1 atom stereocenters. The normalized spacial score (nSPS) is 17.6. The number of anilines is 1. The van der Waals surface area contributed by atoms with Crippen molar-refractivity contribution in [3.05, 3.63) is 29.6 Å². The van der Waals surface area contributed by atoms with E-state index in [1.54, 1.807) is 0 Å². The number of carbonyl (C=O) groups excluding carboxylic acids is 1. The lowest BCUT2D eigenvalue weighted by Crippen LogP contribution is -2.39. The predicted molar refractivity (Wildman–Crippen MR) is 77.1 cm³/mol. The first-order valence-electron chi connectivity index (χ1n) is 7.21. The topological polar surface area (TPSA) is 38.3 Å². The predicted octanol–water partition coefficient (Wildman–Crippen LogP) is 3.67. The van der Waals surface area contributed by atoms with Crippen LogP contribution in [0.15, 0.2) is 18.2 Å². The molecule has 1 aromatic rings. The van der Waals surface area contributed by atoms with Crippen LogP contribution in [0.5, 0.6) is 0 Å². The van der Waals surface area contributed by atoms with Crippen LogP contribution in [0.25, 0.3) is 0 Å². The van der Waals surface area contributed by atoms with Crippen LogP contribution in [0, 0.1) is 18.7 Å². The first-order chi connectivity index (χ1) is 9.60. The maximum Gasteiger partial charge on any atom is 0.328 e. The van der Waals surface area contributed by atoms with E-state index in [4.69, 9.17) is 4.74 Å². The van der Waals surface area contributed by atoms with Gasteiger partial charge in [-0.3, -0.25) is 0 Å². The Kier molecular flexibility index (Phi) is 4.99. The molecule has 0 radical (unpaired) electrons. The van der Waals surface area contributed by atoms with E-state index in [1.807, 2.05) is 13.0 Å². The molecular formula is C16H22FNO2. The quantitative estimate of drug-likeness (QED) is 0.855. The molecule has 4 heteroatoms. The molecule has 0 heterocycles. The van der Waals surface area contributed by atoms with Crippen molar-refractivity contribution in [1.29, 1.82) is 0 Å². The summed E-state index contributed by atoms with van der Waals surface area (Å²) in [5, 5.41) is 3.17. The molecule has 1 fully saturated rings. The first kappa shape index (κ1) is 14.8. The molecular weight excluding hydrogens is 257 g/mol. The van der Waals surface area contributed by atoms with E-state index >= 15 is 0 Å². The molecule has 0 aliphatic heterocycles. The van der Waals surface area contributed by atoms with Gasteiger partial charge in [0.2, 0.25) is 0 Å². The highest BCUT2D eigenvalue weighted by atomic mass is 19.1. The van der Waals surface area contributed by atoms with Crippen molar-refractivity contribution < 1.29 is 13.9 Å². The van der Waals surface area contributed by atoms with E-state index in [0.717, 1.165) is 31.2 Å². The fourth-order valence-corrected chi connectivity index (χ4v) is 2.96. The van der Waals surface area contributed by atoms with Crippen molar-refractivity contribution in [1.82, 2.24) is 0 Å². The van der Waals surface area contributed by atoms with Crippen LogP contribution in [0.2, 0.25) is 0 Å². The number of rotatable bonds is 4. The Labute approximate surface area is 119 Å². The first-order valence-corrected chi connectivity index (χ1v) is 7.21. The molecule has 0 spiro atoms. The fourth-order valence-electron chi connectivity index (χ4n) is 2.96. The Morgan fingerprint density at radius 3 is 2.60 bits per heavy atom. The van der Waals surface area contributed by atoms with E-state index < -0.39 is 0 Å². The lowest BCUT2D eigenvalue weighted by Gasteiger charge is -2.29. The van der Waals surface area contributed by atoms with E-state index in [-0.39, 0.29) is 23.7 Å². The SMILES string of the molecule is COC(=O)C(Nc1cc(C)cc(F)c1)C1CCCCC1. The summed E-state index contributed by atoms with van der Waals surface area (Å²) in [7, 11) is 1.40. The molecule has 3 nitrogen and oxygen atoms in total. The van der Waals surface area contributed by atoms with Crippen molar-refractivity contribution in [3.63, 3.8) is 0 Å². The molecule has 1 aliphatic rings. The summed E-state index contributed by atoms with van der Waals surface area (Å²) in [5.41, 5.74) is 1.48. The Balaban J connectivity index is 2.16. The van der Waals surface area contributed by atoms with Crippen LogP contribution in [0.1, 0.15) is 37.7 Å². The standard InChI is InChI=1S/C16H22FNO2/c1-11-8-13(17)10-14(9-11)18-15(16(19)20-2)12-6-4-3-5-7-12/h8-10,12,15,18H,3-7H2,1-2H3. The van der Waals surface area contributed by atoms with Gasteiger partial charge in [-0.2, -0.15) is 0 Å². The number of aryl methyl sites for hydroxylation is 1. The summed E-state index contributed by atoms with van der Waals surface area (Å²) in [6, 6.07) is 4.36. The van der Waals surface area contributed by atoms with Crippen LogP contribution in [0.4, 0.5) is 10.1 Å². The summed E-state index contributed by atoms with van der Waals surface area (Å²) in [5.74, 6) is -0.293. The number of nitrogens with one attached hydrogen (secondary N) is 1. The average Bonchev–Trinajstić information content (AvgIpc) is 2.44. The monoisotopic (exact) mass is 279 g/mol. The molecule has 20 heavy (non-hydrogen) atoms. The third-order valence-corrected chi connectivity index (χ3v) is 3.94. The van der Waals surface area contributed by atoms with E-state index in [2.05, 4.69) is 5.32 Å². The Hall–Kier alpha value is -1.58. The summed E-state index contributed by atoms with van der Waals surface area (Å²) in [6.07, 6.45) is 5.54. The molecule has 0 saturated heterocycles. The van der Waals surface area contributed by atoms with Crippen LogP contribution >= 0.6 is 0 Å². The molecule has 0 bridgehead atoms. The summed E-state index contributed by atoms with van der Waals surface area (Å²) in [6.45, 7) is 1.84. The zero-order valence-corrected chi connectivity index (χ0v) is 12.1. The van der Waals surface area contributed by atoms with Gasteiger partial charge in [0, 0.05) is 5.69 Å². The van der Waals surface area contributed by atoms with Crippen LogP contribution < -0.4 is 5.32 Å². The van der Waals surface area contributed by atoms with Gasteiger partial charge in [0.25, 0.3) is 0 Å². The number of esters is 1. The van der Waals surface area contributed by atoms with Crippen molar-refractivity contribution >= 4 is 11.7 Å². The summed E-state index contributed by atoms with van der Waals surface area (Å²) in [4.78, 5) is 12.0. The van der Waals surface area contributed by atoms with Crippen LogP contribution in [-0.4, -0.2) is 19.1 Å². The van der Waals surface area contributed by atoms with Crippen molar-refractivity contribution in [2.24, 2.45) is 5.92 Å². The highest BCUT2D eigenvalue weighted by Gasteiger charge is 2.30. The highest BCUT2D eigenvalue weighted by Crippen LogP contribution is 2.29. The molecule has 1 unspecified atom stereocenters. The van der Waals surface area contributed by atoms with Crippen LogP contribution in [0.3, 0.4) is 0 Å². The molecule has 1 aromatic carbocycles. The van der Waals surface area contributed by atoms with E-state index in [9.17, 15) is 9.18 Å². The summed E-state index contributed by atoms with van der Waals surface area (Å²) >= 11 is 0. The molecule has 0 aromatic heterocycles. The second-order valence-electron chi connectivity index (χ2n) is 5.56. The Morgan fingerprint density at radius 1 is 1.30 bits per heavy atom. The van der Waals surface area contributed by atoms with E-state index in [1.165, 1.54) is 25.7 Å². The number of hydrogen-bond acceptors (Lipinski definition) is 3. The lowest BCUT2D eigenvalue weighted by atomic mass is 9.83. The fraction of sp³-hybridized carbons (Fsp3) is 0.562. The number of carbonyl (C=O) groups is 1. The second kappa shape index (κ2) is 6.73. The molecule has 1 saturated carbocycles. The molecule has 1 N–H and O–H groups in total. The number of benzene rings is 1. The summed E-state index contributed by atoms with van der Waals surface area (Å²) < 4.78 is 18.4. The number of hydrogen-bond donors (Lipinski definition) is 1. The highest BCUT2D eigenvalue weighted by molar-refractivity contribution is 5.79. The van der Waals surface area contributed by atoms with Crippen LogP contribution in [-0.2, 0) is 9.53 Å². The minimum atomic E-state index is -0.388. The Morgan fingerprint density at radius 2 is 2.00 bits per heavy atom. The maximum atomic E-state index is 13.4. The van der Waals surface area contributed by atoms with Gasteiger partial charge in [-0.25, -0.2) is 9.18 Å². The van der Waals surface area contributed by atoms with Gasteiger partial charge >= 0.3 is 5.97 Å². The number of ether oxygens (including phenoxy) is 1. The van der Waals surface area contributed by atoms with Gasteiger partial charge in [0.1, 0.15) is 11.9 Å². The molecule has 1 aliphatic carbocycles.